The smallest absolute Gasteiger partial charge is 0.335 e. The van der Waals surface area contributed by atoms with E-state index in [9.17, 15) is 19.5 Å². The third-order valence-corrected chi connectivity index (χ3v) is 7.84. The van der Waals surface area contributed by atoms with E-state index in [1.807, 2.05) is 24.3 Å². The molecule has 2 aliphatic rings. The van der Waals surface area contributed by atoms with Crippen molar-refractivity contribution in [2.75, 3.05) is 31.2 Å². The number of hydrogen-bond acceptors (Lipinski definition) is 7. The lowest BCUT2D eigenvalue weighted by molar-refractivity contribution is 0.0695. The number of nitrogens with one attached hydrogen (secondary N) is 2. The molecule has 11 heteroatoms. The summed E-state index contributed by atoms with van der Waals surface area (Å²) in [6, 6.07) is 14.1. The normalized spacial score (nSPS) is 16.4. The van der Waals surface area contributed by atoms with E-state index in [0.29, 0.717) is 38.2 Å². The summed E-state index contributed by atoms with van der Waals surface area (Å²) in [6.07, 6.45) is 2.84. The Morgan fingerprint density at radius 1 is 1.07 bits per heavy atom. The van der Waals surface area contributed by atoms with Gasteiger partial charge in [-0.15, -0.1) is 0 Å². The number of anilines is 1. The number of carboxylic acids is 1. The molecule has 3 N–H and O–H groups in total. The van der Waals surface area contributed by atoms with Gasteiger partial charge in [0.1, 0.15) is 11.4 Å². The van der Waals surface area contributed by atoms with Gasteiger partial charge in [-0.1, -0.05) is 24.3 Å². The number of benzene rings is 2. The third kappa shape index (κ3) is 5.11. The maximum Gasteiger partial charge on any atom is 0.335 e. The number of aromatic carboxylic acids is 1. The molecule has 3 heterocycles. The van der Waals surface area contributed by atoms with Crippen LogP contribution in [0.2, 0.25) is 0 Å². The van der Waals surface area contributed by atoms with Gasteiger partial charge in [0.2, 0.25) is 0 Å². The summed E-state index contributed by atoms with van der Waals surface area (Å²) in [5, 5.41) is 19.7. The molecule has 41 heavy (non-hydrogen) atoms. The van der Waals surface area contributed by atoms with Gasteiger partial charge in [-0.25, -0.2) is 14.3 Å². The Hall–Kier alpha value is -4.77. The number of fused-ring (bicyclic) bond motifs is 2. The Labute approximate surface area is 236 Å². The van der Waals surface area contributed by atoms with Crippen molar-refractivity contribution in [1.82, 2.24) is 25.2 Å². The van der Waals surface area contributed by atoms with Crippen LogP contribution in [0.25, 0.3) is 5.65 Å². The van der Waals surface area contributed by atoms with Gasteiger partial charge in [0, 0.05) is 37.5 Å². The van der Waals surface area contributed by atoms with Crippen LogP contribution in [0.4, 0.5) is 5.69 Å². The van der Waals surface area contributed by atoms with E-state index in [-0.39, 0.29) is 23.0 Å². The fraction of sp³-hybridized carbons (Fsp3) is 0.300. The Morgan fingerprint density at radius 2 is 1.88 bits per heavy atom. The highest BCUT2D eigenvalue weighted by molar-refractivity contribution is 5.98. The van der Waals surface area contributed by atoms with Crippen molar-refractivity contribution in [3.8, 4) is 0 Å². The topological polar surface area (TPSA) is 138 Å². The number of para-hydroxylation sites is 1. The number of carboxylic acid groups (broad SMARTS) is 1. The molecule has 1 aliphatic carbocycles. The van der Waals surface area contributed by atoms with Gasteiger partial charge < -0.3 is 25.4 Å². The monoisotopic (exact) mass is 554 g/mol. The third-order valence-electron chi connectivity index (χ3n) is 7.84. The first kappa shape index (κ1) is 26.5. The lowest BCUT2D eigenvalue weighted by Gasteiger charge is -2.30. The fourth-order valence-electron chi connectivity index (χ4n) is 5.72. The van der Waals surface area contributed by atoms with Crippen LogP contribution >= 0.6 is 0 Å². The van der Waals surface area contributed by atoms with Gasteiger partial charge in [0.15, 0.2) is 5.65 Å². The van der Waals surface area contributed by atoms with E-state index >= 15 is 0 Å². The number of morpholine rings is 1. The maximum atomic E-state index is 13.5. The summed E-state index contributed by atoms with van der Waals surface area (Å²) >= 11 is 0. The van der Waals surface area contributed by atoms with E-state index < -0.39 is 17.8 Å². The summed E-state index contributed by atoms with van der Waals surface area (Å²) in [7, 11) is 0. The molecule has 0 radical (unpaired) electrons. The van der Waals surface area contributed by atoms with E-state index in [1.165, 1.54) is 16.8 Å². The Bertz CT molecular complexity index is 1660. The first-order valence-electron chi connectivity index (χ1n) is 13.6. The summed E-state index contributed by atoms with van der Waals surface area (Å²) in [5.41, 5.74) is 5.56. The van der Waals surface area contributed by atoms with E-state index in [1.54, 1.807) is 25.1 Å². The predicted molar refractivity (Wildman–Crippen MR) is 150 cm³/mol. The van der Waals surface area contributed by atoms with Crippen molar-refractivity contribution >= 4 is 29.1 Å². The molecule has 0 spiro atoms. The van der Waals surface area contributed by atoms with Crippen LogP contribution in [0.5, 0.6) is 0 Å². The number of hydrogen-bond donors (Lipinski definition) is 3. The molecule has 210 valence electrons. The average molecular weight is 555 g/mol. The second-order valence-electron chi connectivity index (χ2n) is 10.2. The van der Waals surface area contributed by atoms with Crippen LogP contribution in [0.15, 0.2) is 54.7 Å². The molecule has 1 atom stereocenters. The van der Waals surface area contributed by atoms with Crippen molar-refractivity contribution < 1.29 is 24.2 Å². The highest BCUT2D eigenvalue weighted by Gasteiger charge is 2.29. The molecule has 4 aromatic rings. The highest BCUT2D eigenvalue weighted by atomic mass is 16.5. The maximum absolute atomic E-state index is 13.5. The predicted octanol–water partition coefficient (Wildman–Crippen LogP) is 2.92. The Balaban J connectivity index is 1.21. The molecule has 2 aromatic heterocycles. The first-order chi connectivity index (χ1) is 19.9. The SMILES string of the molecule is Cc1c(C(=O)O)ccc2c1CC[C@@H]2NC(=O)c1cc(C(=O)NCc2ccccc2N2CCOCC2)nc2ccnn12. The zero-order valence-corrected chi connectivity index (χ0v) is 22.6. The number of carbonyl (C=O) groups excluding carboxylic acids is 2. The number of ether oxygens (including phenoxy) is 1. The minimum absolute atomic E-state index is 0.112. The zero-order chi connectivity index (χ0) is 28.5. The molecule has 1 aliphatic heterocycles. The van der Waals surface area contributed by atoms with E-state index in [2.05, 4.69) is 25.6 Å². The average Bonchev–Trinajstić information content (AvgIpc) is 3.63. The molecule has 1 fully saturated rings. The van der Waals surface area contributed by atoms with Crippen LogP contribution in [-0.4, -0.2) is 63.8 Å². The lowest BCUT2D eigenvalue weighted by Crippen LogP contribution is -2.37. The largest absolute Gasteiger partial charge is 0.478 e. The minimum Gasteiger partial charge on any atom is -0.478 e. The minimum atomic E-state index is -0.967. The van der Waals surface area contributed by atoms with Crippen LogP contribution in [-0.2, 0) is 17.7 Å². The molecule has 2 amide bonds. The quantitative estimate of drug-likeness (QED) is 0.317. The number of nitrogens with zero attached hydrogens (tertiary/aromatic N) is 4. The van der Waals surface area contributed by atoms with Gasteiger partial charge in [-0.2, -0.15) is 5.10 Å². The van der Waals surface area contributed by atoms with Crippen molar-refractivity contribution in [3.05, 3.63) is 93.9 Å². The van der Waals surface area contributed by atoms with Gasteiger partial charge in [-0.3, -0.25) is 9.59 Å². The summed E-state index contributed by atoms with van der Waals surface area (Å²) in [4.78, 5) is 45.0. The van der Waals surface area contributed by atoms with Gasteiger partial charge in [0.25, 0.3) is 11.8 Å². The zero-order valence-electron chi connectivity index (χ0n) is 22.6. The number of aromatic nitrogens is 3. The second-order valence-corrected chi connectivity index (χ2v) is 10.2. The second kappa shape index (κ2) is 11.0. The van der Waals surface area contributed by atoms with Crippen LogP contribution < -0.4 is 15.5 Å². The molecular formula is C30H30N6O5. The molecule has 2 aromatic carbocycles. The molecule has 0 unspecified atom stereocenters. The number of carbonyl (C=O) groups is 3. The van der Waals surface area contributed by atoms with E-state index in [0.717, 1.165) is 41.0 Å². The lowest BCUT2D eigenvalue weighted by atomic mass is 9.98. The van der Waals surface area contributed by atoms with Crippen molar-refractivity contribution in [1.29, 1.82) is 0 Å². The Morgan fingerprint density at radius 3 is 2.68 bits per heavy atom. The summed E-state index contributed by atoms with van der Waals surface area (Å²) in [6.45, 7) is 5.00. The first-order valence-corrected chi connectivity index (χ1v) is 13.6. The van der Waals surface area contributed by atoms with Gasteiger partial charge >= 0.3 is 5.97 Å². The van der Waals surface area contributed by atoms with Crippen LogP contribution in [0.3, 0.4) is 0 Å². The van der Waals surface area contributed by atoms with Crippen LogP contribution in [0.1, 0.15) is 66.1 Å². The van der Waals surface area contributed by atoms with Crippen molar-refractivity contribution in [3.63, 3.8) is 0 Å². The van der Waals surface area contributed by atoms with Crippen molar-refractivity contribution in [2.45, 2.75) is 32.4 Å². The fourth-order valence-corrected chi connectivity index (χ4v) is 5.72. The van der Waals surface area contributed by atoms with Crippen molar-refractivity contribution in [2.24, 2.45) is 0 Å². The van der Waals surface area contributed by atoms with Gasteiger partial charge in [-0.05, 0) is 54.2 Å². The summed E-state index contributed by atoms with van der Waals surface area (Å²) in [5.74, 6) is -1.76. The van der Waals surface area contributed by atoms with Gasteiger partial charge in [0.05, 0.1) is 31.0 Å². The van der Waals surface area contributed by atoms with Crippen LogP contribution in [0, 0.1) is 6.92 Å². The Kier molecular flexibility index (Phi) is 7.10. The molecular weight excluding hydrogens is 524 g/mol. The number of rotatable bonds is 7. The molecule has 11 nitrogen and oxygen atoms in total. The standard InChI is InChI=1S/C30H30N6O5/c1-18-20-8-9-23(22(20)7-6-21(18)30(39)40)34-29(38)26-16-24(33-27-10-11-32-36(26)27)28(37)31-17-19-4-2-3-5-25(19)35-12-14-41-15-13-35/h2-7,10-11,16,23H,8-9,12-15,17H2,1H3,(H,31,37)(H,34,38)(H,39,40)/t23-/m0/s1. The molecule has 0 bridgehead atoms. The molecule has 6 rings (SSSR count). The summed E-state index contributed by atoms with van der Waals surface area (Å²) < 4.78 is 6.88. The molecule has 1 saturated heterocycles. The highest BCUT2D eigenvalue weighted by Crippen LogP contribution is 2.35. The number of amides is 2. The van der Waals surface area contributed by atoms with E-state index in [4.69, 9.17) is 4.74 Å². The molecule has 0 saturated carbocycles.